The Morgan fingerprint density at radius 3 is 2.92 bits per heavy atom. The average molecular weight is 407 g/mol. The number of halogens is 2. The number of fused-ring (bicyclic) bond motifs is 1. The van der Waals surface area contributed by atoms with Gasteiger partial charge in [-0.2, -0.15) is 4.37 Å². The van der Waals surface area contributed by atoms with E-state index in [1.165, 1.54) is 17.6 Å². The second kappa shape index (κ2) is 5.93. The van der Waals surface area contributed by atoms with Crippen molar-refractivity contribution in [3.8, 4) is 10.8 Å². The number of hydrogen-bond donors (Lipinski definition) is 0. The molecule has 1 aliphatic rings. The molecule has 0 spiro atoms. The van der Waals surface area contributed by atoms with Crippen molar-refractivity contribution in [3.63, 3.8) is 0 Å². The Kier molecular flexibility index (Phi) is 3.88. The Balaban J connectivity index is 1.78. The van der Waals surface area contributed by atoms with E-state index in [0.717, 1.165) is 27.0 Å². The molecule has 1 atom stereocenters. The van der Waals surface area contributed by atoms with Crippen LogP contribution in [-0.2, 0) is 6.54 Å². The summed E-state index contributed by atoms with van der Waals surface area (Å²) in [6, 6.07) is 7.66. The zero-order chi connectivity index (χ0) is 16.8. The Hall–Kier alpha value is -1.80. The summed E-state index contributed by atoms with van der Waals surface area (Å²) in [5.41, 5.74) is 1.59. The first-order valence-electron chi connectivity index (χ1n) is 7.55. The van der Waals surface area contributed by atoms with Gasteiger partial charge in [-0.15, -0.1) is 0 Å². The smallest absolute Gasteiger partial charge is 0.179 e. The van der Waals surface area contributed by atoms with E-state index in [1.807, 2.05) is 11.8 Å². The van der Waals surface area contributed by atoms with Crippen molar-refractivity contribution in [1.29, 1.82) is 0 Å². The fourth-order valence-electron chi connectivity index (χ4n) is 3.11. The minimum absolute atomic E-state index is 0.0197. The molecule has 0 saturated carbocycles. The molecule has 0 bridgehead atoms. The molecule has 24 heavy (non-hydrogen) atoms. The average Bonchev–Trinajstić information content (AvgIpc) is 3.13. The highest BCUT2D eigenvalue weighted by atomic mass is 79.9. The summed E-state index contributed by atoms with van der Waals surface area (Å²) in [6.45, 7) is 5.32. The zero-order valence-corrected chi connectivity index (χ0v) is 15.5. The van der Waals surface area contributed by atoms with Gasteiger partial charge in [-0.3, -0.25) is 0 Å². The van der Waals surface area contributed by atoms with Gasteiger partial charge < -0.3 is 9.47 Å². The van der Waals surface area contributed by atoms with E-state index in [0.29, 0.717) is 18.8 Å². The molecule has 0 amide bonds. The Morgan fingerprint density at radius 1 is 1.38 bits per heavy atom. The van der Waals surface area contributed by atoms with Crippen LogP contribution < -0.4 is 4.90 Å². The van der Waals surface area contributed by atoms with Crippen LogP contribution in [0.4, 0.5) is 10.1 Å². The number of benzene rings is 1. The maximum absolute atomic E-state index is 14.2. The Morgan fingerprint density at radius 2 is 2.21 bits per heavy atom. The first kappa shape index (κ1) is 15.7. The molecular weight excluding hydrogens is 393 g/mol. The molecule has 2 aromatic heterocycles. The van der Waals surface area contributed by atoms with Gasteiger partial charge in [-0.25, -0.2) is 14.4 Å². The maximum atomic E-state index is 14.2. The van der Waals surface area contributed by atoms with Gasteiger partial charge in [-0.1, -0.05) is 6.07 Å². The van der Waals surface area contributed by atoms with Gasteiger partial charge >= 0.3 is 0 Å². The topological polar surface area (TPSA) is 46.8 Å². The van der Waals surface area contributed by atoms with Gasteiger partial charge in [0.15, 0.2) is 10.8 Å². The largest absolute Gasteiger partial charge is 0.359 e. The molecule has 1 aromatic carbocycles. The molecule has 0 N–H and O–H groups in total. The van der Waals surface area contributed by atoms with Crippen LogP contribution in [0.25, 0.3) is 10.8 Å². The van der Waals surface area contributed by atoms with Crippen molar-refractivity contribution >= 4 is 33.1 Å². The molecule has 1 aliphatic heterocycles. The highest BCUT2D eigenvalue weighted by Crippen LogP contribution is 2.38. The van der Waals surface area contributed by atoms with Crippen molar-refractivity contribution in [3.05, 3.63) is 46.2 Å². The predicted molar refractivity (Wildman–Crippen MR) is 94.6 cm³/mol. The molecule has 0 aliphatic carbocycles. The minimum Gasteiger partial charge on any atom is -0.359 e. The van der Waals surface area contributed by atoms with Crippen LogP contribution in [0.5, 0.6) is 0 Å². The summed E-state index contributed by atoms with van der Waals surface area (Å²) in [6.07, 6.45) is 0. The number of anilines is 1. The van der Waals surface area contributed by atoms with Crippen LogP contribution >= 0.6 is 27.5 Å². The quantitative estimate of drug-likeness (QED) is 0.645. The maximum Gasteiger partial charge on any atom is 0.179 e. The summed E-state index contributed by atoms with van der Waals surface area (Å²) >= 11 is 4.91. The van der Waals surface area contributed by atoms with Crippen LogP contribution in [0, 0.1) is 18.8 Å². The summed E-state index contributed by atoms with van der Waals surface area (Å²) in [5, 5.41) is 0.805. The highest BCUT2D eigenvalue weighted by molar-refractivity contribution is 9.10. The van der Waals surface area contributed by atoms with E-state index in [-0.39, 0.29) is 11.9 Å². The van der Waals surface area contributed by atoms with Gasteiger partial charge in [0.2, 0.25) is 0 Å². The van der Waals surface area contributed by atoms with Crippen molar-refractivity contribution < 1.29 is 4.39 Å². The lowest BCUT2D eigenvalue weighted by Crippen LogP contribution is -2.37. The fourth-order valence-corrected chi connectivity index (χ4v) is 4.50. The summed E-state index contributed by atoms with van der Waals surface area (Å²) in [4.78, 5) is 11.1. The second-order valence-corrected chi connectivity index (χ2v) is 7.16. The van der Waals surface area contributed by atoms with E-state index < -0.39 is 0 Å². The monoisotopic (exact) mass is 406 g/mol. The first-order valence-corrected chi connectivity index (χ1v) is 9.11. The highest BCUT2D eigenvalue weighted by Gasteiger charge is 2.31. The third-order valence-corrected chi connectivity index (χ3v) is 5.59. The number of hydrogen-bond acceptors (Lipinski definition) is 5. The molecule has 0 saturated heterocycles. The molecule has 3 heterocycles. The standard InChI is InChI=1S/C16H14BrFN5S/c1-9-13-14(17)20-15(16-19-10(2)21-24-16)23(13)8-7-22(9)12-6-4-3-5-11(12)18/h3,5-6,9H,7-8H2,1-2H3. The van der Waals surface area contributed by atoms with Gasteiger partial charge in [0.25, 0.3) is 0 Å². The molecule has 3 aromatic rings. The Bertz CT molecular complexity index is 906. The number of aryl methyl sites for hydroxylation is 1. The van der Waals surface area contributed by atoms with E-state index in [4.69, 9.17) is 0 Å². The van der Waals surface area contributed by atoms with Crippen molar-refractivity contribution in [2.24, 2.45) is 0 Å². The molecule has 0 fully saturated rings. The third kappa shape index (κ3) is 2.44. The van der Waals surface area contributed by atoms with Crippen LogP contribution in [0.2, 0.25) is 0 Å². The van der Waals surface area contributed by atoms with Crippen molar-refractivity contribution in [2.45, 2.75) is 26.4 Å². The van der Waals surface area contributed by atoms with Crippen LogP contribution in [-0.4, -0.2) is 25.5 Å². The number of rotatable bonds is 2. The van der Waals surface area contributed by atoms with E-state index in [1.54, 1.807) is 12.1 Å². The number of aromatic nitrogens is 4. The van der Waals surface area contributed by atoms with Crippen LogP contribution in [0.15, 0.2) is 22.8 Å². The zero-order valence-electron chi connectivity index (χ0n) is 13.1. The van der Waals surface area contributed by atoms with E-state index in [9.17, 15) is 4.39 Å². The number of nitrogens with zero attached hydrogens (tertiary/aromatic N) is 5. The van der Waals surface area contributed by atoms with Crippen molar-refractivity contribution in [1.82, 2.24) is 18.9 Å². The molecule has 123 valence electrons. The lowest BCUT2D eigenvalue weighted by Gasteiger charge is -2.36. The third-order valence-electron chi connectivity index (χ3n) is 4.21. The van der Waals surface area contributed by atoms with E-state index >= 15 is 0 Å². The van der Waals surface area contributed by atoms with Gasteiger partial charge in [0, 0.05) is 13.1 Å². The summed E-state index contributed by atoms with van der Waals surface area (Å²) in [7, 11) is 0. The molecule has 1 unspecified atom stereocenters. The number of imidazole rings is 1. The normalized spacial score (nSPS) is 17.2. The van der Waals surface area contributed by atoms with Gasteiger partial charge in [0.05, 0.1) is 17.4 Å². The SMILES string of the molecule is Cc1nsc(-c2nc(Br)c3n2CCN(c2c[c]ccc2F)C3C)n1. The summed E-state index contributed by atoms with van der Waals surface area (Å²) < 4.78 is 21.3. The Labute approximate surface area is 151 Å². The fraction of sp³-hybridized carbons (Fsp3) is 0.312. The van der Waals surface area contributed by atoms with Gasteiger partial charge in [0.1, 0.15) is 16.2 Å². The lowest BCUT2D eigenvalue weighted by atomic mass is 10.1. The van der Waals surface area contributed by atoms with Crippen LogP contribution in [0.3, 0.4) is 0 Å². The minimum atomic E-state index is -0.232. The first-order chi connectivity index (χ1) is 11.6. The van der Waals surface area contributed by atoms with Crippen LogP contribution in [0.1, 0.15) is 24.5 Å². The van der Waals surface area contributed by atoms with Crippen molar-refractivity contribution in [2.75, 3.05) is 11.4 Å². The molecular formula is C16H14BrFN5S. The second-order valence-electron chi connectivity index (χ2n) is 5.66. The molecule has 4 rings (SSSR count). The summed E-state index contributed by atoms with van der Waals surface area (Å²) in [5.74, 6) is 1.33. The molecule has 5 nitrogen and oxygen atoms in total. The molecule has 1 radical (unpaired) electrons. The van der Waals surface area contributed by atoms with Gasteiger partial charge in [-0.05, 0) is 59.5 Å². The van der Waals surface area contributed by atoms with E-state index in [2.05, 4.69) is 47.8 Å². The lowest BCUT2D eigenvalue weighted by molar-refractivity contribution is 0.499. The predicted octanol–water partition coefficient (Wildman–Crippen LogP) is 3.99. The molecule has 8 heteroatoms.